The second-order valence-electron chi connectivity index (χ2n) is 3.89. The number of rotatable bonds is 3. The lowest BCUT2D eigenvalue weighted by atomic mass is 10.2. The fourth-order valence-corrected chi connectivity index (χ4v) is 1.75. The Balaban J connectivity index is 2.14. The Morgan fingerprint density at radius 2 is 1.85 bits per heavy atom. The summed E-state index contributed by atoms with van der Waals surface area (Å²) in [6.45, 7) is 0. The third-order valence-electron chi connectivity index (χ3n) is 2.52. The van der Waals surface area contributed by atoms with Gasteiger partial charge in [0, 0.05) is 23.4 Å². The van der Waals surface area contributed by atoms with Crippen LogP contribution in [0.4, 0.5) is 15.8 Å². The van der Waals surface area contributed by atoms with E-state index in [9.17, 15) is 19.3 Å². The van der Waals surface area contributed by atoms with E-state index in [1.807, 2.05) is 0 Å². The summed E-state index contributed by atoms with van der Waals surface area (Å²) < 4.78 is 13.6. The van der Waals surface area contributed by atoms with Crippen molar-refractivity contribution in [3.63, 3.8) is 0 Å². The number of anilines is 1. The van der Waals surface area contributed by atoms with Gasteiger partial charge in [0.05, 0.1) is 9.40 Å². The van der Waals surface area contributed by atoms with Gasteiger partial charge in [0.1, 0.15) is 5.82 Å². The summed E-state index contributed by atoms with van der Waals surface area (Å²) in [7, 11) is 0. The van der Waals surface area contributed by atoms with Crippen LogP contribution in [0.15, 0.2) is 46.9 Å². The molecule has 0 aromatic heterocycles. The summed E-state index contributed by atoms with van der Waals surface area (Å²) in [4.78, 5) is 21.8. The Kier molecular flexibility index (Phi) is 4.09. The van der Waals surface area contributed by atoms with E-state index in [2.05, 4.69) is 21.2 Å². The van der Waals surface area contributed by atoms with Gasteiger partial charge in [0.25, 0.3) is 11.6 Å². The first-order chi connectivity index (χ1) is 9.47. The van der Waals surface area contributed by atoms with E-state index in [0.29, 0.717) is 5.69 Å². The van der Waals surface area contributed by atoms with Gasteiger partial charge in [-0.05, 0) is 46.3 Å². The molecular weight excluding hydrogens is 331 g/mol. The molecule has 2 rings (SSSR count). The Hall–Kier alpha value is -2.28. The first-order valence-corrected chi connectivity index (χ1v) is 6.27. The minimum absolute atomic E-state index is 0.0716. The molecule has 0 saturated heterocycles. The van der Waals surface area contributed by atoms with E-state index in [-0.39, 0.29) is 15.7 Å². The molecule has 0 aliphatic heterocycles. The van der Waals surface area contributed by atoms with Crippen LogP contribution in [0.1, 0.15) is 10.4 Å². The van der Waals surface area contributed by atoms with Crippen LogP contribution < -0.4 is 5.32 Å². The van der Waals surface area contributed by atoms with Crippen LogP contribution in [0.5, 0.6) is 0 Å². The lowest BCUT2D eigenvalue weighted by Gasteiger charge is -2.05. The van der Waals surface area contributed by atoms with E-state index in [1.165, 1.54) is 36.4 Å². The van der Waals surface area contributed by atoms with Gasteiger partial charge in [-0.3, -0.25) is 14.9 Å². The number of benzene rings is 2. The summed E-state index contributed by atoms with van der Waals surface area (Å²) in [5.74, 6) is -1.04. The molecule has 0 heterocycles. The number of carbonyl (C=O) groups excluding carboxylic acids is 1. The van der Waals surface area contributed by atoms with Gasteiger partial charge in [-0.2, -0.15) is 0 Å². The van der Waals surface area contributed by atoms with E-state index >= 15 is 0 Å². The molecule has 20 heavy (non-hydrogen) atoms. The molecule has 0 aliphatic rings. The molecule has 0 fully saturated rings. The topological polar surface area (TPSA) is 72.2 Å². The van der Waals surface area contributed by atoms with E-state index in [0.717, 1.165) is 6.07 Å². The average Bonchev–Trinajstić information content (AvgIpc) is 2.42. The number of halogens is 2. The van der Waals surface area contributed by atoms with Gasteiger partial charge in [0.15, 0.2) is 0 Å². The average molecular weight is 339 g/mol. The lowest BCUT2D eigenvalue weighted by molar-refractivity contribution is -0.384. The van der Waals surface area contributed by atoms with Crippen molar-refractivity contribution in [3.8, 4) is 0 Å². The van der Waals surface area contributed by atoms with Crippen molar-refractivity contribution in [2.24, 2.45) is 0 Å². The fraction of sp³-hybridized carbons (Fsp3) is 0. The minimum atomic E-state index is -0.540. The first kappa shape index (κ1) is 14.1. The predicted octanol–water partition coefficient (Wildman–Crippen LogP) is 3.75. The summed E-state index contributed by atoms with van der Waals surface area (Å²) in [6, 6.07) is 9.37. The molecule has 0 atom stereocenters. The smallest absolute Gasteiger partial charge is 0.269 e. The summed E-state index contributed by atoms with van der Waals surface area (Å²) in [5, 5.41) is 13.0. The second kappa shape index (κ2) is 5.79. The molecular formula is C13H8BrFN2O3. The molecule has 2 aromatic carbocycles. The van der Waals surface area contributed by atoms with E-state index in [1.54, 1.807) is 0 Å². The van der Waals surface area contributed by atoms with Gasteiger partial charge >= 0.3 is 0 Å². The molecule has 0 bridgehead atoms. The number of non-ortho nitro benzene ring substituents is 1. The standard InChI is InChI=1S/C13H8BrFN2O3/c14-11-6-1-8(7-12(11)15)13(18)16-9-2-4-10(5-3-9)17(19)20/h1-7H,(H,16,18). The van der Waals surface area contributed by atoms with Crippen molar-refractivity contribution >= 4 is 33.2 Å². The SMILES string of the molecule is O=C(Nc1ccc([N+](=O)[O-])cc1)c1ccc(Br)c(F)c1. The zero-order chi connectivity index (χ0) is 14.7. The summed E-state index contributed by atoms with van der Waals surface area (Å²) in [5.41, 5.74) is 0.477. The Labute approximate surface area is 121 Å². The van der Waals surface area contributed by atoms with Crippen molar-refractivity contribution < 1.29 is 14.1 Å². The predicted molar refractivity (Wildman–Crippen MR) is 75.1 cm³/mol. The normalized spacial score (nSPS) is 10.1. The molecule has 2 aromatic rings. The molecule has 7 heteroatoms. The molecule has 102 valence electrons. The highest BCUT2D eigenvalue weighted by molar-refractivity contribution is 9.10. The lowest BCUT2D eigenvalue weighted by Crippen LogP contribution is -2.12. The maximum absolute atomic E-state index is 13.3. The molecule has 0 unspecified atom stereocenters. The summed E-state index contributed by atoms with van der Waals surface area (Å²) in [6.07, 6.45) is 0. The minimum Gasteiger partial charge on any atom is -0.322 e. The first-order valence-electron chi connectivity index (χ1n) is 5.48. The highest BCUT2D eigenvalue weighted by atomic mass is 79.9. The van der Waals surface area contributed by atoms with Crippen molar-refractivity contribution in [1.82, 2.24) is 0 Å². The van der Waals surface area contributed by atoms with Crippen LogP contribution in [0.2, 0.25) is 0 Å². The van der Waals surface area contributed by atoms with Gasteiger partial charge < -0.3 is 5.32 Å². The van der Waals surface area contributed by atoms with Gasteiger partial charge in [0.2, 0.25) is 0 Å². The van der Waals surface area contributed by atoms with Crippen LogP contribution in [0, 0.1) is 15.9 Å². The Morgan fingerprint density at radius 3 is 2.40 bits per heavy atom. The number of amides is 1. The van der Waals surface area contributed by atoms with E-state index < -0.39 is 16.6 Å². The maximum Gasteiger partial charge on any atom is 0.269 e. The molecule has 0 radical (unpaired) electrons. The third-order valence-corrected chi connectivity index (χ3v) is 3.16. The Bertz CT molecular complexity index is 674. The van der Waals surface area contributed by atoms with Crippen LogP contribution >= 0.6 is 15.9 Å². The van der Waals surface area contributed by atoms with Crippen molar-refractivity contribution in [1.29, 1.82) is 0 Å². The molecule has 5 nitrogen and oxygen atoms in total. The number of nitrogens with zero attached hydrogens (tertiary/aromatic N) is 1. The van der Waals surface area contributed by atoms with Crippen molar-refractivity contribution in [3.05, 3.63) is 68.4 Å². The van der Waals surface area contributed by atoms with Crippen molar-refractivity contribution in [2.75, 3.05) is 5.32 Å². The molecule has 0 aliphatic carbocycles. The fourth-order valence-electron chi connectivity index (χ4n) is 1.51. The van der Waals surface area contributed by atoms with E-state index in [4.69, 9.17) is 0 Å². The molecule has 0 saturated carbocycles. The highest BCUT2D eigenvalue weighted by Gasteiger charge is 2.10. The number of nitro groups is 1. The van der Waals surface area contributed by atoms with Gasteiger partial charge in [-0.25, -0.2) is 4.39 Å². The van der Waals surface area contributed by atoms with Crippen LogP contribution in [-0.4, -0.2) is 10.8 Å². The number of carbonyl (C=O) groups is 1. The van der Waals surface area contributed by atoms with Gasteiger partial charge in [-0.15, -0.1) is 0 Å². The molecule has 1 amide bonds. The quantitative estimate of drug-likeness (QED) is 0.684. The molecule has 0 spiro atoms. The zero-order valence-corrected chi connectivity index (χ0v) is 11.6. The maximum atomic E-state index is 13.3. The highest BCUT2D eigenvalue weighted by Crippen LogP contribution is 2.19. The molecule has 1 N–H and O–H groups in total. The number of hydrogen-bond donors (Lipinski definition) is 1. The number of hydrogen-bond acceptors (Lipinski definition) is 3. The van der Waals surface area contributed by atoms with Crippen LogP contribution in [0.3, 0.4) is 0 Å². The third kappa shape index (κ3) is 3.18. The monoisotopic (exact) mass is 338 g/mol. The van der Waals surface area contributed by atoms with Crippen LogP contribution in [0.25, 0.3) is 0 Å². The number of nitro benzene ring substituents is 1. The zero-order valence-electron chi connectivity index (χ0n) is 9.97. The second-order valence-corrected chi connectivity index (χ2v) is 4.74. The summed E-state index contributed by atoms with van der Waals surface area (Å²) >= 11 is 3.00. The van der Waals surface area contributed by atoms with Crippen LogP contribution in [-0.2, 0) is 0 Å². The number of nitrogens with one attached hydrogen (secondary N) is 1. The van der Waals surface area contributed by atoms with Crippen molar-refractivity contribution in [2.45, 2.75) is 0 Å². The Morgan fingerprint density at radius 1 is 1.20 bits per heavy atom. The van der Waals surface area contributed by atoms with Gasteiger partial charge in [-0.1, -0.05) is 0 Å². The largest absolute Gasteiger partial charge is 0.322 e.